The van der Waals surface area contributed by atoms with Crippen molar-refractivity contribution in [3.05, 3.63) is 26.3 Å². The fraction of sp³-hybridized carbons (Fsp3) is 0.125. The highest BCUT2D eigenvalue weighted by Gasteiger charge is 2.07. The fourth-order valence-corrected chi connectivity index (χ4v) is 2.75. The van der Waals surface area contributed by atoms with Gasteiger partial charge < -0.3 is 0 Å². The van der Waals surface area contributed by atoms with Crippen molar-refractivity contribution in [1.82, 2.24) is 15.0 Å². The summed E-state index contributed by atoms with van der Waals surface area (Å²) in [6.45, 7) is 1.95. The molecular weight excluding hydrogens is 330 g/mol. The highest BCUT2D eigenvalue weighted by Crippen LogP contribution is 2.23. The highest BCUT2D eigenvalue weighted by atomic mass is 79.9. The van der Waals surface area contributed by atoms with Crippen LogP contribution in [0.3, 0.4) is 0 Å². The van der Waals surface area contributed by atoms with Gasteiger partial charge in [0.2, 0.25) is 0 Å². The first-order valence-electron chi connectivity index (χ1n) is 3.78. The zero-order valence-corrected chi connectivity index (χ0v) is 11.1. The number of hydrogen-bond donors (Lipinski definition) is 0. The van der Waals surface area contributed by atoms with Crippen molar-refractivity contribution in [2.24, 2.45) is 0 Å². The van der Waals surface area contributed by atoms with Gasteiger partial charge in [-0.3, -0.25) is 0 Å². The number of aromatic nitrogens is 3. The number of aryl methyl sites for hydroxylation is 1. The van der Waals surface area contributed by atoms with Crippen LogP contribution in [-0.4, -0.2) is 15.0 Å². The molecule has 0 spiro atoms. The van der Waals surface area contributed by atoms with E-state index in [0.29, 0.717) is 5.82 Å². The lowest BCUT2D eigenvalue weighted by atomic mass is 10.5. The van der Waals surface area contributed by atoms with E-state index < -0.39 is 0 Å². The Hall–Kier alpha value is -0.330. The van der Waals surface area contributed by atoms with Gasteiger partial charge in [0.05, 0.1) is 0 Å². The highest BCUT2D eigenvalue weighted by molar-refractivity contribution is 9.11. The Kier molecular flexibility index (Phi) is 2.94. The molecule has 2 heterocycles. The van der Waals surface area contributed by atoms with Gasteiger partial charge in [-0.1, -0.05) is 0 Å². The minimum absolute atomic E-state index is 0.643. The van der Waals surface area contributed by atoms with Gasteiger partial charge in [-0.2, -0.15) is 0 Å². The van der Waals surface area contributed by atoms with Gasteiger partial charge in [-0.05, 0) is 38.8 Å². The van der Waals surface area contributed by atoms with Crippen molar-refractivity contribution >= 4 is 43.2 Å². The molecule has 0 aromatic carbocycles. The third kappa shape index (κ3) is 2.18. The first-order chi connectivity index (χ1) is 6.65. The Morgan fingerprint density at radius 2 is 1.79 bits per heavy atom. The number of rotatable bonds is 1. The van der Waals surface area contributed by atoms with Crippen molar-refractivity contribution in [2.45, 2.75) is 6.92 Å². The van der Waals surface area contributed by atoms with Gasteiger partial charge in [0, 0.05) is 17.1 Å². The summed E-state index contributed by atoms with van der Waals surface area (Å²) in [5.41, 5.74) is 0.990. The van der Waals surface area contributed by atoms with Crippen molar-refractivity contribution in [3.63, 3.8) is 0 Å². The lowest BCUT2D eigenvalue weighted by Gasteiger charge is -1.96. The summed E-state index contributed by atoms with van der Waals surface area (Å²) >= 11 is 8.17. The molecule has 2 rings (SSSR count). The van der Waals surface area contributed by atoms with E-state index in [-0.39, 0.29) is 0 Å². The molecule has 0 radical (unpaired) electrons. The molecule has 0 N–H and O–H groups in total. The van der Waals surface area contributed by atoms with Gasteiger partial charge in [0.1, 0.15) is 9.21 Å². The van der Waals surface area contributed by atoms with Gasteiger partial charge in [0.15, 0.2) is 10.8 Å². The minimum Gasteiger partial charge on any atom is -0.238 e. The summed E-state index contributed by atoms with van der Waals surface area (Å²) < 4.78 is 1.50. The molecule has 6 heteroatoms. The van der Waals surface area contributed by atoms with Crippen LogP contribution in [0, 0.1) is 6.92 Å². The maximum absolute atomic E-state index is 4.31. The summed E-state index contributed by atoms with van der Waals surface area (Å²) in [7, 11) is 0. The average Bonchev–Trinajstić information content (AvgIpc) is 2.50. The summed E-state index contributed by atoms with van der Waals surface area (Å²) in [5, 5.41) is 2.82. The molecule has 0 aliphatic carbocycles. The van der Waals surface area contributed by atoms with Crippen LogP contribution in [0.2, 0.25) is 0 Å². The topological polar surface area (TPSA) is 38.7 Å². The van der Waals surface area contributed by atoms with Gasteiger partial charge >= 0.3 is 0 Å². The summed E-state index contributed by atoms with van der Waals surface area (Å²) in [6, 6.07) is 1.80. The van der Waals surface area contributed by atoms with Crippen molar-refractivity contribution < 1.29 is 0 Å². The number of halogens is 2. The summed E-state index contributed by atoms with van der Waals surface area (Å²) in [4.78, 5) is 12.8. The van der Waals surface area contributed by atoms with Crippen LogP contribution in [0.5, 0.6) is 0 Å². The quantitative estimate of drug-likeness (QED) is 0.750. The third-order valence-electron chi connectivity index (χ3n) is 1.47. The first-order valence-corrected chi connectivity index (χ1v) is 6.24. The van der Waals surface area contributed by atoms with E-state index in [1.807, 2.05) is 12.3 Å². The molecule has 0 bridgehead atoms. The minimum atomic E-state index is 0.643. The van der Waals surface area contributed by atoms with Crippen LogP contribution in [0.15, 0.2) is 20.7 Å². The zero-order chi connectivity index (χ0) is 10.1. The van der Waals surface area contributed by atoms with Crippen molar-refractivity contribution in [1.29, 1.82) is 0 Å². The van der Waals surface area contributed by atoms with Gasteiger partial charge in [-0.15, -0.1) is 11.3 Å². The SMILES string of the molecule is Cc1csc(-c2nc(Br)cc(Br)n2)n1. The molecule has 0 aliphatic heterocycles. The summed E-state index contributed by atoms with van der Waals surface area (Å²) in [6.07, 6.45) is 0. The van der Waals surface area contributed by atoms with Crippen LogP contribution < -0.4 is 0 Å². The van der Waals surface area contributed by atoms with Gasteiger partial charge in [0.25, 0.3) is 0 Å². The largest absolute Gasteiger partial charge is 0.238 e. The molecule has 3 nitrogen and oxygen atoms in total. The van der Waals surface area contributed by atoms with Crippen LogP contribution in [-0.2, 0) is 0 Å². The van der Waals surface area contributed by atoms with E-state index in [0.717, 1.165) is 19.9 Å². The Labute approximate surface area is 102 Å². The van der Waals surface area contributed by atoms with Crippen LogP contribution in [0.1, 0.15) is 5.69 Å². The lowest BCUT2D eigenvalue weighted by molar-refractivity contribution is 1.10. The molecule has 0 atom stereocenters. The molecule has 0 aliphatic rings. The Morgan fingerprint density at radius 1 is 1.14 bits per heavy atom. The Balaban J connectivity index is 2.51. The second-order valence-electron chi connectivity index (χ2n) is 2.63. The predicted molar refractivity (Wildman–Crippen MR) is 63.3 cm³/mol. The number of hydrogen-bond acceptors (Lipinski definition) is 4. The molecule has 2 aromatic rings. The zero-order valence-electron chi connectivity index (χ0n) is 7.16. The van der Waals surface area contributed by atoms with E-state index in [1.165, 1.54) is 0 Å². The van der Waals surface area contributed by atoms with Crippen LogP contribution in [0.25, 0.3) is 10.8 Å². The molecule has 0 saturated heterocycles. The monoisotopic (exact) mass is 333 g/mol. The molecule has 72 valence electrons. The second kappa shape index (κ2) is 4.04. The Bertz CT molecular complexity index is 449. The first kappa shape index (κ1) is 10.2. The third-order valence-corrected chi connectivity index (χ3v) is 3.24. The fourth-order valence-electron chi connectivity index (χ4n) is 0.942. The molecule has 14 heavy (non-hydrogen) atoms. The van der Waals surface area contributed by atoms with Crippen molar-refractivity contribution in [2.75, 3.05) is 0 Å². The number of nitrogens with zero attached hydrogens (tertiary/aromatic N) is 3. The van der Waals surface area contributed by atoms with Crippen LogP contribution in [0.4, 0.5) is 0 Å². The lowest BCUT2D eigenvalue weighted by Crippen LogP contribution is -1.89. The van der Waals surface area contributed by atoms with E-state index in [1.54, 1.807) is 17.4 Å². The maximum atomic E-state index is 4.31. The molecular formula is C8H5Br2N3S. The molecule has 0 fully saturated rings. The van der Waals surface area contributed by atoms with Crippen LogP contribution >= 0.6 is 43.2 Å². The van der Waals surface area contributed by atoms with Gasteiger partial charge in [-0.25, -0.2) is 15.0 Å². The van der Waals surface area contributed by atoms with E-state index in [9.17, 15) is 0 Å². The molecule has 0 unspecified atom stereocenters. The van der Waals surface area contributed by atoms with Crippen molar-refractivity contribution in [3.8, 4) is 10.8 Å². The van der Waals surface area contributed by atoms with E-state index in [2.05, 4.69) is 46.8 Å². The molecule has 0 saturated carbocycles. The van der Waals surface area contributed by atoms with E-state index >= 15 is 0 Å². The smallest absolute Gasteiger partial charge is 0.190 e. The number of thiazole rings is 1. The average molecular weight is 335 g/mol. The predicted octanol–water partition coefficient (Wildman–Crippen LogP) is 3.43. The molecule has 0 amide bonds. The van der Waals surface area contributed by atoms with E-state index in [4.69, 9.17) is 0 Å². The Morgan fingerprint density at radius 3 is 2.29 bits per heavy atom. The molecule has 2 aromatic heterocycles. The summed E-state index contributed by atoms with van der Waals surface area (Å²) in [5.74, 6) is 0.643. The standard InChI is InChI=1S/C8H5Br2N3S/c1-4-3-14-8(11-4)7-12-5(9)2-6(10)13-7/h2-3H,1H3. The normalized spacial score (nSPS) is 10.5. The maximum Gasteiger partial charge on any atom is 0.190 e. The second-order valence-corrected chi connectivity index (χ2v) is 5.11.